The Morgan fingerprint density at radius 1 is 1.03 bits per heavy atom. The van der Waals surface area contributed by atoms with Gasteiger partial charge in [-0.1, -0.05) is 0 Å². The van der Waals surface area contributed by atoms with Crippen molar-refractivity contribution in [3.05, 3.63) is 51.6 Å². The third-order valence-electron chi connectivity index (χ3n) is 6.27. The molecule has 0 bridgehead atoms. The quantitative estimate of drug-likeness (QED) is 0.717. The van der Waals surface area contributed by atoms with E-state index in [0.29, 0.717) is 64.0 Å². The molecule has 0 aromatic carbocycles. The predicted octanol–water partition coefficient (Wildman–Crippen LogP) is 1.66. The molecule has 11 heteroatoms. The van der Waals surface area contributed by atoms with Crippen molar-refractivity contribution in [1.82, 2.24) is 19.4 Å². The number of pyridine rings is 2. The highest BCUT2D eigenvalue weighted by Gasteiger charge is 2.31. The fraction of sp³-hybridized carbons (Fsp3) is 0.545. The van der Waals surface area contributed by atoms with Crippen molar-refractivity contribution < 1.29 is 23.0 Å². The normalized spacial score (nSPS) is 18.6. The third-order valence-corrected chi connectivity index (χ3v) is 6.27. The lowest BCUT2D eigenvalue weighted by Crippen LogP contribution is -2.46. The summed E-state index contributed by atoms with van der Waals surface area (Å²) < 4.78 is 45.5. The maximum Gasteiger partial charge on any atom is 0.417 e. The molecule has 8 nitrogen and oxygen atoms in total. The van der Waals surface area contributed by atoms with Crippen LogP contribution in [0.5, 0.6) is 5.75 Å². The Labute approximate surface area is 189 Å². The maximum absolute atomic E-state index is 12.8. The van der Waals surface area contributed by atoms with E-state index in [1.165, 1.54) is 12.1 Å². The minimum absolute atomic E-state index is 0.241. The Hall–Kier alpha value is -2.63. The first-order valence-electron chi connectivity index (χ1n) is 10.9. The fourth-order valence-electron chi connectivity index (χ4n) is 4.20. The Morgan fingerprint density at radius 3 is 2.30 bits per heavy atom. The van der Waals surface area contributed by atoms with Gasteiger partial charge in [-0.2, -0.15) is 13.2 Å². The number of alkyl halides is 3. The maximum atomic E-state index is 12.8. The van der Waals surface area contributed by atoms with Crippen molar-refractivity contribution in [2.45, 2.75) is 19.3 Å². The molecule has 0 aliphatic carbocycles. The molecule has 2 saturated heterocycles. The van der Waals surface area contributed by atoms with Gasteiger partial charge in [0.15, 0.2) is 5.75 Å². The third kappa shape index (κ3) is 5.48. The number of hydrogen-bond acceptors (Lipinski definition) is 7. The van der Waals surface area contributed by atoms with Crippen molar-refractivity contribution in [3.8, 4) is 5.75 Å². The highest BCUT2D eigenvalue weighted by atomic mass is 19.4. The number of ether oxygens (including phenoxy) is 1. The zero-order chi connectivity index (χ0) is 23.6. The van der Waals surface area contributed by atoms with Crippen LogP contribution in [0.4, 0.5) is 19.0 Å². The van der Waals surface area contributed by atoms with E-state index in [9.17, 15) is 23.1 Å². The summed E-state index contributed by atoms with van der Waals surface area (Å²) in [5, 5.41) is 10.5. The van der Waals surface area contributed by atoms with Gasteiger partial charge in [-0.3, -0.25) is 14.6 Å². The molecule has 2 aliphatic heterocycles. The molecule has 4 heterocycles. The van der Waals surface area contributed by atoms with E-state index < -0.39 is 11.7 Å². The average Bonchev–Trinajstić information content (AvgIpc) is 2.81. The first-order chi connectivity index (χ1) is 15.7. The van der Waals surface area contributed by atoms with Gasteiger partial charge in [0.1, 0.15) is 5.82 Å². The van der Waals surface area contributed by atoms with Crippen LogP contribution < -0.4 is 10.3 Å². The number of rotatable bonds is 5. The average molecular weight is 467 g/mol. The summed E-state index contributed by atoms with van der Waals surface area (Å²) in [7, 11) is 1.85. The van der Waals surface area contributed by atoms with Crippen LogP contribution in [0.1, 0.15) is 17.0 Å². The standard InChI is InChI=1S/C22H28F3N5O3/c1-27-17(14-29-8-10-33-11-9-29)12-19(31)21(32)18(27)15-28-4-6-30(7-5-28)20-3-2-16(13-26-20)22(23,24)25/h2-3,12-13,32H,4-11,14-15H2,1H3. The first kappa shape index (κ1) is 23.5. The lowest BCUT2D eigenvalue weighted by Gasteiger charge is -2.36. The Morgan fingerprint density at radius 2 is 1.70 bits per heavy atom. The van der Waals surface area contributed by atoms with Gasteiger partial charge in [-0.15, -0.1) is 0 Å². The van der Waals surface area contributed by atoms with E-state index in [4.69, 9.17) is 4.74 Å². The summed E-state index contributed by atoms with van der Waals surface area (Å²) >= 11 is 0. The highest BCUT2D eigenvalue weighted by molar-refractivity contribution is 5.40. The van der Waals surface area contributed by atoms with Crippen molar-refractivity contribution >= 4 is 5.82 Å². The number of hydrogen-bond donors (Lipinski definition) is 1. The first-order valence-corrected chi connectivity index (χ1v) is 10.9. The van der Waals surface area contributed by atoms with Gasteiger partial charge in [0.2, 0.25) is 5.43 Å². The number of piperazine rings is 1. The lowest BCUT2D eigenvalue weighted by molar-refractivity contribution is -0.137. The lowest BCUT2D eigenvalue weighted by atomic mass is 10.2. The Balaban J connectivity index is 1.41. The summed E-state index contributed by atoms with van der Waals surface area (Å²) in [4.78, 5) is 22.7. The summed E-state index contributed by atoms with van der Waals surface area (Å²) in [6.07, 6.45) is -3.55. The second-order valence-corrected chi connectivity index (χ2v) is 8.41. The number of aromatic hydroxyl groups is 1. The summed E-state index contributed by atoms with van der Waals surface area (Å²) in [6.45, 7) is 6.36. The zero-order valence-electron chi connectivity index (χ0n) is 18.5. The topological polar surface area (TPSA) is 74.1 Å². The van der Waals surface area contributed by atoms with Crippen LogP contribution in [0, 0.1) is 0 Å². The minimum Gasteiger partial charge on any atom is -0.503 e. The van der Waals surface area contributed by atoms with E-state index in [2.05, 4.69) is 14.8 Å². The largest absolute Gasteiger partial charge is 0.503 e. The molecule has 0 radical (unpaired) electrons. The predicted molar refractivity (Wildman–Crippen MR) is 116 cm³/mol. The van der Waals surface area contributed by atoms with Crippen LogP contribution in [-0.4, -0.2) is 76.9 Å². The fourth-order valence-corrected chi connectivity index (χ4v) is 4.20. The summed E-state index contributed by atoms with van der Waals surface area (Å²) in [5.74, 6) is 0.264. The molecular formula is C22H28F3N5O3. The molecule has 4 rings (SSSR count). The van der Waals surface area contributed by atoms with E-state index in [1.54, 1.807) is 0 Å². The summed E-state index contributed by atoms with van der Waals surface area (Å²) in [6, 6.07) is 3.92. The number of aromatic nitrogens is 2. The molecule has 0 saturated carbocycles. The van der Waals surface area contributed by atoms with Crippen LogP contribution in [0.15, 0.2) is 29.2 Å². The minimum atomic E-state index is -4.40. The molecule has 2 aromatic rings. The van der Waals surface area contributed by atoms with Gasteiger partial charge in [-0.25, -0.2) is 4.98 Å². The zero-order valence-corrected chi connectivity index (χ0v) is 18.5. The Bertz CT molecular complexity index is 1010. The molecule has 180 valence electrons. The van der Waals surface area contributed by atoms with Crippen LogP contribution in [-0.2, 0) is 31.1 Å². The van der Waals surface area contributed by atoms with Gasteiger partial charge in [-0.05, 0) is 12.1 Å². The van der Waals surface area contributed by atoms with Gasteiger partial charge >= 0.3 is 6.18 Å². The molecular weight excluding hydrogens is 439 g/mol. The molecule has 33 heavy (non-hydrogen) atoms. The molecule has 0 spiro atoms. The van der Waals surface area contributed by atoms with Crippen molar-refractivity contribution in [1.29, 1.82) is 0 Å². The number of morpholine rings is 1. The smallest absolute Gasteiger partial charge is 0.417 e. The second-order valence-electron chi connectivity index (χ2n) is 8.41. The second kappa shape index (κ2) is 9.70. The van der Waals surface area contributed by atoms with Gasteiger partial charge in [0.25, 0.3) is 0 Å². The SMILES string of the molecule is Cn1c(CN2CCOCC2)cc(=O)c(O)c1CN1CCN(c2ccc(C(F)(F)F)cn2)CC1. The molecule has 1 N–H and O–H groups in total. The van der Waals surface area contributed by atoms with Crippen molar-refractivity contribution in [2.24, 2.45) is 7.05 Å². The van der Waals surface area contributed by atoms with E-state index in [1.807, 2.05) is 16.5 Å². The highest BCUT2D eigenvalue weighted by Crippen LogP contribution is 2.29. The van der Waals surface area contributed by atoms with Crippen molar-refractivity contribution in [3.63, 3.8) is 0 Å². The van der Waals surface area contributed by atoms with Gasteiger partial charge in [0.05, 0.1) is 24.5 Å². The van der Waals surface area contributed by atoms with Crippen molar-refractivity contribution in [2.75, 3.05) is 57.4 Å². The molecule has 2 aliphatic rings. The molecule has 0 atom stereocenters. The van der Waals surface area contributed by atoms with Gasteiger partial charge in [0, 0.05) is 77.4 Å². The molecule has 0 amide bonds. The van der Waals surface area contributed by atoms with E-state index in [-0.39, 0.29) is 11.2 Å². The molecule has 2 fully saturated rings. The molecule has 2 aromatic heterocycles. The van der Waals surface area contributed by atoms with Crippen LogP contribution in [0.25, 0.3) is 0 Å². The number of anilines is 1. The van der Waals surface area contributed by atoms with Crippen LogP contribution in [0.3, 0.4) is 0 Å². The number of halogens is 3. The monoisotopic (exact) mass is 467 g/mol. The summed E-state index contributed by atoms with van der Waals surface area (Å²) in [5.41, 5.74) is 0.242. The Kier molecular flexibility index (Phi) is 6.91. The number of nitrogens with zero attached hydrogens (tertiary/aromatic N) is 5. The van der Waals surface area contributed by atoms with Crippen LogP contribution >= 0.6 is 0 Å². The molecule has 0 unspecified atom stereocenters. The van der Waals surface area contributed by atoms with E-state index in [0.717, 1.165) is 31.0 Å². The van der Waals surface area contributed by atoms with E-state index >= 15 is 0 Å². The van der Waals surface area contributed by atoms with Gasteiger partial charge < -0.3 is 19.3 Å². The van der Waals surface area contributed by atoms with Crippen LogP contribution in [0.2, 0.25) is 0 Å².